The Hall–Kier alpha value is -3.98. The standard InChI is InChI=1S/C25H22N2O6S/c1-13-8-10-15(11-9-13)19-18(20(28)16-6-5-7-17(12-16)32-3)21(29)23(30)27(19)25-26-14(2)22(34-25)24(31)33-4/h5-12,19,28H,1-4H3/b20-18+. The van der Waals surface area contributed by atoms with Crippen molar-refractivity contribution >= 4 is 39.9 Å². The zero-order valence-electron chi connectivity index (χ0n) is 19.0. The van der Waals surface area contributed by atoms with E-state index in [9.17, 15) is 19.5 Å². The number of thiazole rings is 1. The van der Waals surface area contributed by atoms with E-state index in [-0.39, 0.29) is 21.3 Å². The van der Waals surface area contributed by atoms with Crippen molar-refractivity contribution in [2.45, 2.75) is 19.9 Å². The summed E-state index contributed by atoms with van der Waals surface area (Å²) in [6.45, 7) is 3.55. The van der Waals surface area contributed by atoms with Crippen molar-refractivity contribution in [2.24, 2.45) is 0 Å². The number of aryl methyl sites for hydroxylation is 2. The molecule has 1 N–H and O–H groups in total. The lowest BCUT2D eigenvalue weighted by Gasteiger charge is -2.23. The molecular formula is C25H22N2O6S. The maximum absolute atomic E-state index is 13.2. The lowest BCUT2D eigenvalue weighted by molar-refractivity contribution is -0.132. The van der Waals surface area contributed by atoms with Gasteiger partial charge in [-0.1, -0.05) is 53.3 Å². The fraction of sp³-hybridized carbons (Fsp3) is 0.200. The van der Waals surface area contributed by atoms with Crippen LogP contribution in [-0.4, -0.2) is 42.0 Å². The smallest absolute Gasteiger partial charge is 0.350 e. The zero-order valence-corrected chi connectivity index (χ0v) is 19.8. The number of nitrogens with zero attached hydrogens (tertiary/aromatic N) is 2. The van der Waals surface area contributed by atoms with Crippen LogP contribution in [0.2, 0.25) is 0 Å². The number of carbonyl (C=O) groups excluding carboxylic acids is 3. The summed E-state index contributed by atoms with van der Waals surface area (Å²) < 4.78 is 10.0. The number of Topliss-reactive ketones (excluding diaryl/α,β-unsaturated/α-hetero) is 1. The number of carbonyl (C=O) groups is 3. The van der Waals surface area contributed by atoms with E-state index in [1.165, 1.54) is 19.1 Å². The second-order valence-electron chi connectivity index (χ2n) is 7.71. The van der Waals surface area contributed by atoms with E-state index in [0.29, 0.717) is 22.6 Å². The number of aromatic nitrogens is 1. The summed E-state index contributed by atoms with van der Waals surface area (Å²) in [5.74, 6) is -2.12. The molecule has 4 rings (SSSR count). The van der Waals surface area contributed by atoms with Crippen LogP contribution in [0.15, 0.2) is 54.1 Å². The summed E-state index contributed by atoms with van der Waals surface area (Å²) in [7, 11) is 2.75. The van der Waals surface area contributed by atoms with E-state index in [1.54, 1.807) is 43.3 Å². The molecule has 34 heavy (non-hydrogen) atoms. The predicted molar refractivity (Wildman–Crippen MR) is 127 cm³/mol. The number of rotatable bonds is 5. The van der Waals surface area contributed by atoms with Crippen LogP contribution in [0.25, 0.3) is 5.76 Å². The number of aliphatic hydroxyl groups is 1. The third kappa shape index (κ3) is 3.94. The van der Waals surface area contributed by atoms with Gasteiger partial charge in [-0.15, -0.1) is 0 Å². The van der Waals surface area contributed by atoms with E-state index >= 15 is 0 Å². The molecule has 1 aromatic heterocycles. The van der Waals surface area contributed by atoms with Crippen molar-refractivity contribution in [1.29, 1.82) is 0 Å². The first-order chi connectivity index (χ1) is 16.3. The molecule has 2 heterocycles. The molecule has 3 aromatic rings. The highest BCUT2D eigenvalue weighted by molar-refractivity contribution is 7.17. The molecule has 1 amide bonds. The lowest BCUT2D eigenvalue weighted by Crippen LogP contribution is -2.29. The third-order valence-electron chi connectivity index (χ3n) is 5.54. The van der Waals surface area contributed by atoms with Crippen molar-refractivity contribution in [3.8, 4) is 5.75 Å². The van der Waals surface area contributed by atoms with Crippen LogP contribution in [-0.2, 0) is 14.3 Å². The Kier molecular flexibility index (Phi) is 6.21. The molecule has 1 saturated heterocycles. The number of benzene rings is 2. The Morgan fingerprint density at radius 3 is 2.44 bits per heavy atom. The number of hydrogen-bond donors (Lipinski definition) is 1. The largest absolute Gasteiger partial charge is 0.507 e. The average Bonchev–Trinajstić information content (AvgIpc) is 3.35. The van der Waals surface area contributed by atoms with Crippen LogP contribution in [0.1, 0.15) is 38.1 Å². The molecule has 0 spiro atoms. The van der Waals surface area contributed by atoms with Crippen LogP contribution < -0.4 is 9.64 Å². The molecule has 1 atom stereocenters. The molecule has 174 valence electrons. The first-order valence-corrected chi connectivity index (χ1v) is 11.2. The van der Waals surface area contributed by atoms with Crippen molar-refractivity contribution in [3.05, 3.63) is 81.4 Å². The van der Waals surface area contributed by atoms with Crippen LogP contribution in [0, 0.1) is 13.8 Å². The molecule has 1 unspecified atom stereocenters. The minimum Gasteiger partial charge on any atom is -0.507 e. The summed E-state index contributed by atoms with van der Waals surface area (Å²) in [5.41, 5.74) is 2.24. The van der Waals surface area contributed by atoms with Crippen LogP contribution in [0.3, 0.4) is 0 Å². The molecule has 0 bridgehead atoms. The summed E-state index contributed by atoms with van der Waals surface area (Å²) in [5, 5.41) is 11.4. The molecule has 1 aliphatic heterocycles. The number of anilines is 1. The Morgan fingerprint density at radius 1 is 1.09 bits per heavy atom. The third-order valence-corrected chi connectivity index (χ3v) is 6.68. The summed E-state index contributed by atoms with van der Waals surface area (Å²) in [4.78, 5) is 44.4. The molecule has 2 aromatic carbocycles. The van der Waals surface area contributed by atoms with Crippen molar-refractivity contribution in [3.63, 3.8) is 0 Å². The number of aliphatic hydroxyl groups excluding tert-OH is 1. The molecule has 8 nitrogen and oxygen atoms in total. The van der Waals surface area contributed by atoms with Gasteiger partial charge in [0, 0.05) is 5.56 Å². The molecule has 9 heteroatoms. The normalized spacial score (nSPS) is 17.2. The van der Waals surface area contributed by atoms with Crippen LogP contribution in [0.4, 0.5) is 5.13 Å². The average molecular weight is 479 g/mol. The Balaban J connectivity index is 1.93. The summed E-state index contributed by atoms with van der Waals surface area (Å²) in [6.07, 6.45) is 0. The van der Waals surface area contributed by atoms with Gasteiger partial charge in [0.05, 0.1) is 31.5 Å². The monoisotopic (exact) mass is 478 g/mol. The van der Waals surface area contributed by atoms with E-state index < -0.39 is 23.7 Å². The number of ketones is 1. The van der Waals surface area contributed by atoms with Gasteiger partial charge in [0.1, 0.15) is 16.4 Å². The number of ether oxygens (including phenoxy) is 2. The number of amides is 1. The van der Waals surface area contributed by atoms with Gasteiger partial charge in [-0.2, -0.15) is 0 Å². The van der Waals surface area contributed by atoms with E-state index in [4.69, 9.17) is 9.47 Å². The van der Waals surface area contributed by atoms with Crippen molar-refractivity contribution < 1.29 is 29.0 Å². The van der Waals surface area contributed by atoms with Gasteiger partial charge in [-0.25, -0.2) is 9.78 Å². The second kappa shape index (κ2) is 9.11. The van der Waals surface area contributed by atoms with E-state index in [2.05, 4.69) is 4.98 Å². The Morgan fingerprint density at radius 2 is 1.79 bits per heavy atom. The topological polar surface area (TPSA) is 106 Å². The summed E-state index contributed by atoms with van der Waals surface area (Å²) in [6, 6.07) is 12.9. The Bertz CT molecular complexity index is 1330. The first-order valence-electron chi connectivity index (χ1n) is 10.3. The Labute approximate surface area is 200 Å². The molecule has 1 fully saturated rings. The molecule has 0 saturated carbocycles. The fourth-order valence-corrected chi connectivity index (χ4v) is 4.80. The minimum atomic E-state index is -0.942. The predicted octanol–water partition coefficient (Wildman–Crippen LogP) is 4.18. The van der Waals surface area contributed by atoms with E-state index in [0.717, 1.165) is 16.9 Å². The molecule has 0 aliphatic carbocycles. The van der Waals surface area contributed by atoms with Gasteiger partial charge in [-0.05, 0) is 31.5 Å². The molecular weight excluding hydrogens is 456 g/mol. The first kappa shape index (κ1) is 23.2. The maximum Gasteiger partial charge on any atom is 0.350 e. The summed E-state index contributed by atoms with van der Waals surface area (Å²) >= 11 is 0.955. The van der Waals surface area contributed by atoms with Crippen molar-refractivity contribution in [2.75, 3.05) is 19.1 Å². The van der Waals surface area contributed by atoms with Gasteiger partial charge in [0.15, 0.2) is 5.13 Å². The number of esters is 1. The highest BCUT2D eigenvalue weighted by atomic mass is 32.1. The van der Waals surface area contributed by atoms with Gasteiger partial charge in [0.25, 0.3) is 5.78 Å². The van der Waals surface area contributed by atoms with Gasteiger partial charge < -0.3 is 14.6 Å². The number of hydrogen-bond acceptors (Lipinski definition) is 8. The fourth-order valence-electron chi connectivity index (χ4n) is 3.79. The van der Waals surface area contributed by atoms with Gasteiger partial charge >= 0.3 is 11.9 Å². The van der Waals surface area contributed by atoms with Crippen LogP contribution >= 0.6 is 11.3 Å². The minimum absolute atomic E-state index is 0.0745. The molecule has 1 aliphatic rings. The van der Waals surface area contributed by atoms with Gasteiger partial charge in [-0.3, -0.25) is 14.5 Å². The quantitative estimate of drug-likeness (QED) is 0.254. The second-order valence-corrected chi connectivity index (χ2v) is 8.69. The van der Waals surface area contributed by atoms with Crippen molar-refractivity contribution in [1.82, 2.24) is 4.98 Å². The maximum atomic E-state index is 13.2. The molecule has 0 radical (unpaired) electrons. The van der Waals surface area contributed by atoms with Gasteiger partial charge in [0.2, 0.25) is 0 Å². The highest BCUT2D eigenvalue weighted by Crippen LogP contribution is 2.44. The number of methoxy groups -OCH3 is 2. The highest BCUT2D eigenvalue weighted by Gasteiger charge is 2.48. The van der Waals surface area contributed by atoms with Crippen LogP contribution in [0.5, 0.6) is 5.75 Å². The SMILES string of the molecule is COC(=O)c1sc(N2C(=O)C(=O)/C(=C(/O)c3cccc(OC)c3)C2c2ccc(C)cc2)nc1C. The lowest BCUT2D eigenvalue weighted by atomic mass is 9.95. The van der Waals surface area contributed by atoms with E-state index in [1.807, 2.05) is 19.1 Å². The zero-order chi connectivity index (χ0) is 24.6.